The predicted molar refractivity (Wildman–Crippen MR) is 55.7 cm³/mol. The van der Waals surface area contributed by atoms with Crippen molar-refractivity contribution in [3.8, 4) is 5.69 Å². The quantitative estimate of drug-likeness (QED) is 0.827. The molecule has 0 aliphatic heterocycles. The predicted octanol–water partition coefficient (Wildman–Crippen LogP) is 2.22. The van der Waals surface area contributed by atoms with Crippen molar-refractivity contribution in [1.29, 1.82) is 0 Å². The maximum absolute atomic E-state index is 5.57. The Labute approximate surface area is 84.3 Å². The fraction of sp³-hybridized carbons (Fsp3) is 0. The lowest BCUT2D eigenvalue weighted by Crippen LogP contribution is -1.94. The van der Waals surface area contributed by atoms with Gasteiger partial charge in [-0.1, -0.05) is 12.1 Å². The first kappa shape index (κ1) is 8.31. The van der Waals surface area contributed by atoms with Gasteiger partial charge in [-0.05, 0) is 28.1 Å². The van der Waals surface area contributed by atoms with Crippen molar-refractivity contribution in [2.75, 3.05) is 5.73 Å². The highest BCUT2D eigenvalue weighted by Gasteiger charge is 2.01. The number of nitrogens with zero attached hydrogens (tertiary/aromatic N) is 2. The molecule has 0 fully saturated rings. The molecule has 0 saturated heterocycles. The first-order chi connectivity index (χ1) is 6.27. The highest BCUT2D eigenvalue weighted by Crippen LogP contribution is 2.20. The number of nitrogen functional groups attached to an aromatic ring is 1. The van der Waals surface area contributed by atoms with Gasteiger partial charge >= 0.3 is 0 Å². The number of halogens is 1. The van der Waals surface area contributed by atoms with E-state index in [1.807, 2.05) is 24.3 Å². The SMILES string of the molecule is Nc1cnn(-c2ccccc2Br)c1. The molecule has 4 heteroatoms. The van der Waals surface area contributed by atoms with Crippen molar-refractivity contribution in [3.05, 3.63) is 41.1 Å². The van der Waals surface area contributed by atoms with Crippen LogP contribution in [-0.4, -0.2) is 9.78 Å². The topological polar surface area (TPSA) is 43.8 Å². The smallest absolute Gasteiger partial charge is 0.0788 e. The number of hydrogen-bond acceptors (Lipinski definition) is 2. The Hall–Kier alpha value is -1.29. The van der Waals surface area contributed by atoms with Crippen LogP contribution in [0, 0.1) is 0 Å². The lowest BCUT2D eigenvalue weighted by Gasteiger charge is -2.02. The van der Waals surface area contributed by atoms with Crippen molar-refractivity contribution >= 4 is 21.6 Å². The van der Waals surface area contributed by atoms with Crippen LogP contribution in [0.4, 0.5) is 5.69 Å². The van der Waals surface area contributed by atoms with Gasteiger partial charge < -0.3 is 5.73 Å². The summed E-state index contributed by atoms with van der Waals surface area (Å²) in [5.74, 6) is 0. The molecule has 0 radical (unpaired) electrons. The Morgan fingerprint density at radius 2 is 2.08 bits per heavy atom. The number of anilines is 1. The van der Waals surface area contributed by atoms with E-state index < -0.39 is 0 Å². The number of benzene rings is 1. The molecule has 1 heterocycles. The summed E-state index contributed by atoms with van der Waals surface area (Å²) in [7, 11) is 0. The summed E-state index contributed by atoms with van der Waals surface area (Å²) in [5.41, 5.74) is 7.22. The molecule has 2 rings (SSSR count). The molecule has 1 aromatic carbocycles. The van der Waals surface area contributed by atoms with Gasteiger partial charge in [-0.25, -0.2) is 4.68 Å². The van der Waals surface area contributed by atoms with Crippen LogP contribution in [0.25, 0.3) is 5.69 Å². The van der Waals surface area contributed by atoms with Crippen molar-refractivity contribution in [1.82, 2.24) is 9.78 Å². The van der Waals surface area contributed by atoms with E-state index in [2.05, 4.69) is 21.0 Å². The minimum atomic E-state index is 0.663. The van der Waals surface area contributed by atoms with Gasteiger partial charge in [0.1, 0.15) is 0 Å². The first-order valence-electron chi connectivity index (χ1n) is 3.82. The average molecular weight is 238 g/mol. The number of aromatic nitrogens is 2. The molecular formula is C9H8BrN3. The van der Waals surface area contributed by atoms with E-state index in [1.165, 1.54) is 0 Å². The molecule has 0 atom stereocenters. The second-order valence-corrected chi connectivity index (χ2v) is 3.52. The number of para-hydroxylation sites is 1. The third-order valence-corrected chi connectivity index (χ3v) is 2.37. The van der Waals surface area contributed by atoms with Gasteiger partial charge in [0.2, 0.25) is 0 Å². The van der Waals surface area contributed by atoms with Crippen LogP contribution in [-0.2, 0) is 0 Å². The van der Waals surface area contributed by atoms with E-state index in [0.717, 1.165) is 10.2 Å². The Balaban J connectivity index is 2.52. The maximum atomic E-state index is 5.57. The van der Waals surface area contributed by atoms with Gasteiger partial charge in [0.25, 0.3) is 0 Å². The van der Waals surface area contributed by atoms with E-state index in [-0.39, 0.29) is 0 Å². The molecule has 0 bridgehead atoms. The molecule has 0 saturated carbocycles. The van der Waals surface area contributed by atoms with Crippen molar-refractivity contribution in [2.45, 2.75) is 0 Å². The molecule has 2 N–H and O–H groups in total. The lowest BCUT2D eigenvalue weighted by molar-refractivity contribution is 0.876. The Morgan fingerprint density at radius 1 is 1.31 bits per heavy atom. The molecule has 1 aromatic heterocycles. The third kappa shape index (κ3) is 1.58. The van der Waals surface area contributed by atoms with E-state index in [1.54, 1.807) is 17.1 Å². The largest absolute Gasteiger partial charge is 0.396 e. The average Bonchev–Trinajstić information content (AvgIpc) is 2.53. The molecule has 0 aliphatic carbocycles. The normalized spacial score (nSPS) is 10.2. The molecule has 0 unspecified atom stereocenters. The van der Waals surface area contributed by atoms with Gasteiger partial charge in [0, 0.05) is 4.47 Å². The summed E-state index contributed by atoms with van der Waals surface area (Å²) in [6.45, 7) is 0. The summed E-state index contributed by atoms with van der Waals surface area (Å²) in [4.78, 5) is 0. The van der Waals surface area contributed by atoms with Crippen LogP contribution in [0.2, 0.25) is 0 Å². The van der Waals surface area contributed by atoms with Gasteiger partial charge in [0.15, 0.2) is 0 Å². The summed E-state index contributed by atoms with van der Waals surface area (Å²) in [5, 5.41) is 4.11. The minimum Gasteiger partial charge on any atom is -0.396 e. The molecule has 66 valence electrons. The fourth-order valence-corrected chi connectivity index (χ4v) is 1.57. The van der Waals surface area contributed by atoms with Crippen LogP contribution in [0.1, 0.15) is 0 Å². The van der Waals surface area contributed by atoms with Gasteiger partial charge in [-0.15, -0.1) is 0 Å². The van der Waals surface area contributed by atoms with Gasteiger partial charge in [0.05, 0.1) is 23.8 Å². The molecule has 3 nitrogen and oxygen atoms in total. The maximum Gasteiger partial charge on any atom is 0.0788 e. The molecule has 13 heavy (non-hydrogen) atoms. The minimum absolute atomic E-state index is 0.663. The zero-order chi connectivity index (χ0) is 9.26. The molecular weight excluding hydrogens is 230 g/mol. The summed E-state index contributed by atoms with van der Waals surface area (Å²) in [6.07, 6.45) is 3.40. The highest BCUT2D eigenvalue weighted by molar-refractivity contribution is 9.10. The van der Waals surface area contributed by atoms with Crippen LogP contribution in [0.15, 0.2) is 41.1 Å². The first-order valence-corrected chi connectivity index (χ1v) is 4.62. The van der Waals surface area contributed by atoms with E-state index >= 15 is 0 Å². The highest BCUT2D eigenvalue weighted by atomic mass is 79.9. The molecule has 0 amide bonds. The van der Waals surface area contributed by atoms with Crippen LogP contribution in [0.5, 0.6) is 0 Å². The molecule has 2 aromatic rings. The summed E-state index contributed by atoms with van der Waals surface area (Å²) >= 11 is 3.44. The Bertz CT molecular complexity index is 422. The second kappa shape index (κ2) is 3.22. The summed E-state index contributed by atoms with van der Waals surface area (Å²) in [6, 6.07) is 7.85. The van der Waals surface area contributed by atoms with Crippen LogP contribution < -0.4 is 5.73 Å². The lowest BCUT2D eigenvalue weighted by atomic mass is 10.3. The molecule has 0 aliphatic rings. The van der Waals surface area contributed by atoms with E-state index in [0.29, 0.717) is 5.69 Å². The summed E-state index contributed by atoms with van der Waals surface area (Å²) < 4.78 is 2.73. The number of nitrogens with two attached hydrogens (primary N) is 1. The van der Waals surface area contributed by atoms with Crippen molar-refractivity contribution in [2.24, 2.45) is 0 Å². The van der Waals surface area contributed by atoms with E-state index in [4.69, 9.17) is 5.73 Å². The van der Waals surface area contributed by atoms with Crippen molar-refractivity contribution in [3.63, 3.8) is 0 Å². The number of hydrogen-bond donors (Lipinski definition) is 1. The van der Waals surface area contributed by atoms with Gasteiger partial charge in [-0.3, -0.25) is 0 Å². The van der Waals surface area contributed by atoms with Crippen LogP contribution in [0.3, 0.4) is 0 Å². The monoisotopic (exact) mass is 237 g/mol. The number of rotatable bonds is 1. The third-order valence-electron chi connectivity index (χ3n) is 1.70. The van der Waals surface area contributed by atoms with E-state index in [9.17, 15) is 0 Å². The van der Waals surface area contributed by atoms with Crippen LogP contribution >= 0.6 is 15.9 Å². The zero-order valence-electron chi connectivity index (χ0n) is 6.81. The van der Waals surface area contributed by atoms with Gasteiger partial charge in [-0.2, -0.15) is 5.10 Å². The van der Waals surface area contributed by atoms with Crippen molar-refractivity contribution < 1.29 is 0 Å². The Morgan fingerprint density at radius 3 is 2.69 bits per heavy atom. The second-order valence-electron chi connectivity index (χ2n) is 2.67. The standard InChI is InChI=1S/C9H8BrN3/c10-8-3-1-2-4-9(8)13-6-7(11)5-12-13/h1-6H,11H2. The molecule has 0 spiro atoms. The zero-order valence-corrected chi connectivity index (χ0v) is 8.40. The fourth-order valence-electron chi connectivity index (χ4n) is 1.11. The Kier molecular flexibility index (Phi) is 2.06.